The molecule has 0 bridgehead atoms. The highest BCUT2D eigenvalue weighted by molar-refractivity contribution is 7.22. The number of rotatable bonds is 6. The number of carbonyl (C=O) groups is 1. The summed E-state index contributed by atoms with van der Waals surface area (Å²) >= 11 is 7.61. The Morgan fingerprint density at radius 2 is 2.07 bits per heavy atom. The van der Waals surface area contributed by atoms with Gasteiger partial charge in [-0.1, -0.05) is 47.2 Å². The zero-order valence-electron chi connectivity index (χ0n) is 14.6. The van der Waals surface area contributed by atoms with Crippen molar-refractivity contribution >= 4 is 44.2 Å². The minimum atomic E-state index is -0.163. The highest BCUT2D eigenvalue weighted by atomic mass is 35.5. The van der Waals surface area contributed by atoms with Crippen molar-refractivity contribution in [3.63, 3.8) is 0 Å². The van der Waals surface area contributed by atoms with E-state index in [0.717, 1.165) is 29.7 Å². The number of benzene rings is 2. The standard InChI is InChI=1S/C20H19ClN2O3S/c21-15-7-1-3-9-17(15)26-13-19(24)23(12-14-6-5-11-25-14)20-22-16-8-2-4-10-18(16)27-20/h1-4,7-10,14H,5-6,11-13H2/t14-/m0/s1. The van der Waals surface area contributed by atoms with Gasteiger partial charge in [0.15, 0.2) is 11.7 Å². The predicted molar refractivity (Wildman–Crippen MR) is 108 cm³/mol. The largest absolute Gasteiger partial charge is 0.482 e. The van der Waals surface area contributed by atoms with E-state index in [4.69, 9.17) is 21.1 Å². The topological polar surface area (TPSA) is 51.7 Å². The number of para-hydroxylation sites is 2. The minimum Gasteiger partial charge on any atom is -0.482 e. The number of halogens is 1. The summed E-state index contributed by atoms with van der Waals surface area (Å²) in [5.74, 6) is 0.332. The first-order valence-corrected chi connectivity index (χ1v) is 10.0. The van der Waals surface area contributed by atoms with E-state index in [1.54, 1.807) is 17.0 Å². The maximum atomic E-state index is 13.0. The summed E-state index contributed by atoms with van der Waals surface area (Å²) in [6.45, 7) is 1.11. The summed E-state index contributed by atoms with van der Waals surface area (Å²) in [7, 11) is 0. The van der Waals surface area contributed by atoms with Gasteiger partial charge >= 0.3 is 0 Å². The van der Waals surface area contributed by atoms with E-state index in [1.807, 2.05) is 36.4 Å². The molecule has 3 aromatic rings. The molecule has 1 atom stereocenters. The van der Waals surface area contributed by atoms with Crippen molar-refractivity contribution in [2.75, 3.05) is 24.7 Å². The van der Waals surface area contributed by atoms with Crippen LogP contribution in [-0.2, 0) is 9.53 Å². The van der Waals surface area contributed by atoms with Crippen LogP contribution in [0.1, 0.15) is 12.8 Å². The van der Waals surface area contributed by atoms with Gasteiger partial charge in [-0.15, -0.1) is 0 Å². The Bertz CT molecular complexity index is 907. The molecule has 1 fully saturated rings. The number of nitrogens with zero attached hydrogens (tertiary/aromatic N) is 2. The molecule has 1 saturated heterocycles. The van der Waals surface area contributed by atoms with Gasteiger partial charge in [0.2, 0.25) is 0 Å². The molecule has 2 aromatic carbocycles. The monoisotopic (exact) mass is 402 g/mol. The molecule has 0 spiro atoms. The molecule has 0 radical (unpaired) electrons. The van der Waals surface area contributed by atoms with Crippen LogP contribution in [0.3, 0.4) is 0 Å². The number of hydrogen-bond acceptors (Lipinski definition) is 5. The molecule has 1 aliphatic rings. The first-order chi connectivity index (χ1) is 13.2. The van der Waals surface area contributed by atoms with Crippen molar-refractivity contribution in [3.8, 4) is 5.75 Å². The Morgan fingerprint density at radius 1 is 1.26 bits per heavy atom. The molecule has 0 aliphatic carbocycles. The first-order valence-electron chi connectivity index (χ1n) is 8.85. The van der Waals surface area contributed by atoms with E-state index in [-0.39, 0.29) is 18.6 Å². The Balaban J connectivity index is 1.54. The van der Waals surface area contributed by atoms with Crippen molar-refractivity contribution in [2.45, 2.75) is 18.9 Å². The second-order valence-electron chi connectivity index (χ2n) is 6.32. The summed E-state index contributed by atoms with van der Waals surface area (Å²) < 4.78 is 12.4. The zero-order chi connectivity index (χ0) is 18.6. The molecule has 27 heavy (non-hydrogen) atoms. The molecule has 1 amide bonds. The van der Waals surface area contributed by atoms with Gasteiger partial charge in [-0.05, 0) is 37.1 Å². The molecule has 0 saturated carbocycles. The predicted octanol–water partition coefficient (Wildman–Crippen LogP) is 4.54. The number of fused-ring (bicyclic) bond motifs is 1. The lowest BCUT2D eigenvalue weighted by Crippen LogP contribution is -2.40. The van der Waals surface area contributed by atoms with Crippen LogP contribution in [0.5, 0.6) is 5.75 Å². The Labute approximate surface area is 166 Å². The van der Waals surface area contributed by atoms with Gasteiger partial charge in [0.05, 0.1) is 27.9 Å². The zero-order valence-corrected chi connectivity index (χ0v) is 16.2. The van der Waals surface area contributed by atoms with Crippen molar-refractivity contribution in [1.29, 1.82) is 0 Å². The Hall–Kier alpha value is -2.15. The third-order valence-electron chi connectivity index (χ3n) is 4.41. The van der Waals surface area contributed by atoms with Gasteiger partial charge in [0.1, 0.15) is 5.75 Å². The van der Waals surface area contributed by atoms with Crippen LogP contribution in [-0.4, -0.2) is 36.8 Å². The lowest BCUT2D eigenvalue weighted by Gasteiger charge is -2.23. The fourth-order valence-corrected chi connectivity index (χ4v) is 4.22. The van der Waals surface area contributed by atoms with Gasteiger partial charge in [0.25, 0.3) is 5.91 Å². The highest BCUT2D eigenvalue weighted by Gasteiger charge is 2.26. The molecular formula is C20H19ClN2O3S. The molecule has 5 nitrogen and oxygen atoms in total. The van der Waals surface area contributed by atoms with Crippen LogP contribution >= 0.6 is 22.9 Å². The van der Waals surface area contributed by atoms with Gasteiger partial charge in [0, 0.05) is 6.61 Å². The smallest absolute Gasteiger partial charge is 0.266 e. The number of amides is 1. The maximum Gasteiger partial charge on any atom is 0.266 e. The van der Waals surface area contributed by atoms with Crippen molar-refractivity contribution < 1.29 is 14.3 Å². The molecule has 1 aliphatic heterocycles. The molecule has 4 rings (SSSR count). The van der Waals surface area contributed by atoms with Crippen molar-refractivity contribution in [3.05, 3.63) is 53.6 Å². The summed E-state index contributed by atoms with van der Waals surface area (Å²) in [5.41, 5.74) is 0.884. The quantitative estimate of drug-likeness (QED) is 0.607. The average Bonchev–Trinajstić information content (AvgIpc) is 3.34. The van der Waals surface area contributed by atoms with E-state index in [0.29, 0.717) is 22.4 Å². The Kier molecular flexibility index (Phi) is 5.57. The molecule has 1 aromatic heterocycles. The van der Waals surface area contributed by atoms with Crippen LogP contribution < -0.4 is 9.64 Å². The number of aromatic nitrogens is 1. The van der Waals surface area contributed by atoms with Crippen LogP contribution in [0.4, 0.5) is 5.13 Å². The number of thiazole rings is 1. The lowest BCUT2D eigenvalue weighted by atomic mass is 10.2. The summed E-state index contributed by atoms with van der Waals surface area (Å²) in [5, 5.41) is 1.15. The molecule has 2 heterocycles. The van der Waals surface area contributed by atoms with E-state index in [1.165, 1.54) is 11.3 Å². The molecular weight excluding hydrogens is 384 g/mol. The van der Waals surface area contributed by atoms with E-state index >= 15 is 0 Å². The third kappa shape index (κ3) is 4.24. The fourth-order valence-electron chi connectivity index (χ4n) is 3.03. The second-order valence-corrected chi connectivity index (χ2v) is 7.74. The molecule has 0 N–H and O–H groups in total. The SMILES string of the molecule is O=C(COc1ccccc1Cl)N(C[C@@H]1CCCO1)c1nc2ccccc2s1. The van der Waals surface area contributed by atoms with Crippen molar-refractivity contribution in [1.82, 2.24) is 4.98 Å². The summed E-state index contributed by atoms with van der Waals surface area (Å²) in [4.78, 5) is 19.3. The van der Waals surface area contributed by atoms with Crippen LogP contribution in [0, 0.1) is 0 Å². The Morgan fingerprint density at radius 3 is 2.85 bits per heavy atom. The van der Waals surface area contributed by atoms with Gasteiger partial charge in [-0.2, -0.15) is 0 Å². The second kappa shape index (κ2) is 8.25. The van der Waals surface area contributed by atoms with Gasteiger partial charge in [-0.3, -0.25) is 9.69 Å². The highest BCUT2D eigenvalue weighted by Crippen LogP contribution is 2.30. The van der Waals surface area contributed by atoms with Crippen LogP contribution in [0.15, 0.2) is 48.5 Å². The molecule has 0 unspecified atom stereocenters. The number of ether oxygens (including phenoxy) is 2. The lowest BCUT2D eigenvalue weighted by molar-refractivity contribution is -0.120. The normalized spacial score (nSPS) is 16.6. The van der Waals surface area contributed by atoms with Crippen molar-refractivity contribution in [2.24, 2.45) is 0 Å². The molecule has 140 valence electrons. The summed E-state index contributed by atoms with van der Waals surface area (Å²) in [6, 6.07) is 15.0. The molecule has 7 heteroatoms. The van der Waals surface area contributed by atoms with E-state index in [9.17, 15) is 4.79 Å². The fraction of sp³-hybridized carbons (Fsp3) is 0.300. The third-order valence-corrected chi connectivity index (χ3v) is 5.78. The van der Waals surface area contributed by atoms with Crippen LogP contribution in [0.25, 0.3) is 10.2 Å². The average molecular weight is 403 g/mol. The van der Waals surface area contributed by atoms with E-state index < -0.39 is 0 Å². The van der Waals surface area contributed by atoms with E-state index in [2.05, 4.69) is 4.98 Å². The summed E-state index contributed by atoms with van der Waals surface area (Å²) in [6.07, 6.45) is 1.99. The first kappa shape index (κ1) is 18.2. The number of hydrogen-bond donors (Lipinski definition) is 0. The maximum absolute atomic E-state index is 13.0. The van der Waals surface area contributed by atoms with Gasteiger partial charge < -0.3 is 9.47 Å². The number of carbonyl (C=O) groups excluding carboxylic acids is 1. The van der Waals surface area contributed by atoms with Gasteiger partial charge in [-0.25, -0.2) is 4.98 Å². The minimum absolute atomic E-state index is 0.0290. The number of anilines is 1. The van der Waals surface area contributed by atoms with Crippen LogP contribution in [0.2, 0.25) is 5.02 Å².